The number of piperidine rings is 1. The van der Waals surface area contributed by atoms with E-state index in [0.29, 0.717) is 23.9 Å². The molecule has 2 unspecified atom stereocenters. The number of likely N-dealkylation sites (N-methyl/N-ethyl adjacent to an activating group) is 1. The summed E-state index contributed by atoms with van der Waals surface area (Å²) in [6.45, 7) is 4.27. The lowest BCUT2D eigenvalue weighted by Crippen LogP contribution is -2.54. The molecule has 1 aliphatic carbocycles. The van der Waals surface area contributed by atoms with Crippen LogP contribution in [-0.2, 0) is 5.60 Å². The van der Waals surface area contributed by atoms with Crippen LogP contribution in [0, 0.1) is 11.8 Å². The SMILES string of the molecule is CCCC[C@@](O)(c1cccc(Cl)c1)C1CCCN(C(=O)NC(CNC)CC2CCCCC2)C1. The van der Waals surface area contributed by atoms with E-state index in [4.69, 9.17) is 11.6 Å². The van der Waals surface area contributed by atoms with E-state index in [1.165, 1.54) is 32.1 Å². The maximum absolute atomic E-state index is 13.3. The van der Waals surface area contributed by atoms with E-state index in [1.54, 1.807) is 0 Å². The van der Waals surface area contributed by atoms with Crippen molar-refractivity contribution in [1.29, 1.82) is 0 Å². The van der Waals surface area contributed by atoms with Gasteiger partial charge in [0.1, 0.15) is 0 Å². The van der Waals surface area contributed by atoms with Gasteiger partial charge >= 0.3 is 6.03 Å². The van der Waals surface area contributed by atoms with Crippen molar-refractivity contribution >= 4 is 17.6 Å². The van der Waals surface area contributed by atoms with Crippen molar-refractivity contribution < 1.29 is 9.90 Å². The summed E-state index contributed by atoms with van der Waals surface area (Å²) in [5.41, 5.74) is -0.0900. The number of benzene rings is 1. The van der Waals surface area contributed by atoms with Gasteiger partial charge < -0.3 is 20.6 Å². The zero-order chi connectivity index (χ0) is 23.7. The summed E-state index contributed by atoms with van der Waals surface area (Å²) >= 11 is 6.28. The zero-order valence-electron chi connectivity index (χ0n) is 20.6. The van der Waals surface area contributed by atoms with Gasteiger partial charge in [0, 0.05) is 36.6 Å². The van der Waals surface area contributed by atoms with Crippen LogP contribution in [-0.4, -0.2) is 48.8 Å². The number of hydrogen-bond donors (Lipinski definition) is 3. The number of unbranched alkanes of at least 4 members (excludes halogenated alkanes) is 1. The van der Waals surface area contributed by atoms with Crippen LogP contribution < -0.4 is 10.6 Å². The van der Waals surface area contributed by atoms with Gasteiger partial charge in [0.25, 0.3) is 0 Å². The standard InChI is InChI=1S/C27H44ClN3O2/c1-3-4-15-27(33,22-12-8-14-24(28)18-22)23-13-9-16-31(20-23)26(32)30-25(19-29-2)17-21-10-6-5-7-11-21/h8,12,14,18,21,23,25,29,33H,3-7,9-11,13,15-17,19-20H2,1-2H3,(H,30,32)/t23?,25?,27-/m1/s1. The minimum atomic E-state index is -0.966. The van der Waals surface area contributed by atoms with Crippen molar-refractivity contribution in [1.82, 2.24) is 15.5 Å². The van der Waals surface area contributed by atoms with Crippen LogP contribution in [0.5, 0.6) is 0 Å². The average molecular weight is 478 g/mol. The number of carbonyl (C=O) groups is 1. The van der Waals surface area contributed by atoms with E-state index in [1.807, 2.05) is 36.2 Å². The summed E-state index contributed by atoms with van der Waals surface area (Å²) in [7, 11) is 1.95. The molecule has 0 bridgehead atoms. The summed E-state index contributed by atoms with van der Waals surface area (Å²) < 4.78 is 0. The van der Waals surface area contributed by atoms with Crippen molar-refractivity contribution in [3.63, 3.8) is 0 Å². The molecule has 0 radical (unpaired) electrons. The molecule has 1 saturated heterocycles. The number of aliphatic hydroxyl groups is 1. The number of urea groups is 1. The molecule has 0 spiro atoms. The molecular formula is C27H44ClN3O2. The largest absolute Gasteiger partial charge is 0.385 e. The molecule has 186 valence electrons. The van der Waals surface area contributed by atoms with Crippen LogP contribution in [0.25, 0.3) is 0 Å². The van der Waals surface area contributed by atoms with Gasteiger partial charge in [-0.25, -0.2) is 4.79 Å². The first-order valence-electron chi connectivity index (χ1n) is 13.1. The number of hydrogen-bond acceptors (Lipinski definition) is 3. The van der Waals surface area contributed by atoms with Crippen LogP contribution in [0.2, 0.25) is 5.02 Å². The Morgan fingerprint density at radius 2 is 2.03 bits per heavy atom. The van der Waals surface area contributed by atoms with E-state index >= 15 is 0 Å². The molecule has 1 aromatic carbocycles. The fourth-order valence-corrected chi connectivity index (χ4v) is 6.06. The number of nitrogens with one attached hydrogen (secondary N) is 2. The van der Waals surface area contributed by atoms with E-state index in [-0.39, 0.29) is 18.0 Å². The van der Waals surface area contributed by atoms with Gasteiger partial charge in [-0.1, -0.05) is 75.6 Å². The highest BCUT2D eigenvalue weighted by Crippen LogP contribution is 2.40. The molecule has 33 heavy (non-hydrogen) atoms. The number of carbonyl (C=O) groups excluding carboxylic acids is 1. The first kappa shape index (κ1) is 26.3. The Hall–Kier alpha value is -1.30. The highest BCUT2D eigenvalue weighted by Gasteiger charge is 2.41. The fourth-order valence-electron chi connectivity index (χ4n) is 5.87. The quantitative estimate of drug-likeness (QED) is 0.405. The van der Waals surface area contributed by atoms with Crippen molar-refractivity contribution in [2.75, 3.05) is 26.7 Å². The lowest BCUT2D eigenvalue weighted by atomic mass is 9.74. The molecule has 6 heteroatoms. The molecule has 3 N–H and O–H groups in total. The predicted octanol–water partition coefficient (Wildman–Crippen LogP) is 5.70. The Morgan fingerprint density at radius 1 is 1.24 bits per heavy atom. The summed E-state index contributed by atoms with van der Waals surface area (Å²) in [5.74, 6) is 0.719. The van der Waals surface area contributed by atoms with E-state index in [0.717, 1.165) is 50.8 Å². The second kappa shape index (κ2) is 13.0. The van der Waals surface area contributed by atoms with E-state index in [2.05, 4.69) is 17.6 Å². The maximum Gasteiger partial charge on any atom is 0.317 e. The van der Waals surface area contributed by atoms with E-state index < -0.39 is 5.60 Å². The van der Waals surface area contributed by atoms with Crippen molar-refractivity contribution in [3.05, 3.63) is 34.9 Å². The smallest absolute Gasteiger partial charge is 0.317 e. The summed E-state index contributed by atoms with van der Waals surface area (Å²) in [6.07, 6.45) is 12.1. The van der Waals surface area contributed by atoms with Gasteiger partial charge in [-0.2, -0.15) is 0 Å². The van der Waals surface area contributed by atoms with Crippen LogP contribution >= 0.6 is 11.6 Å². The number of nitrogens with zero attached hydrogens (tertiary/aromatic N) is 1. The lowest BCUT2D eigenvalue weighted by molar-refractivity contribution is -0.0555. The number of rotatable bonds is 10. The lowest BCUT2D eigenvalue weighted by Gasteiger charge is -2.43. The molecule has 1 heterocycles. The van der Waals surface area contributed by atoms with Crippen LogP contribution in [0.3, 0.4) is 0 Å². The second-order valence-corrected chi connectivity index (χ2v) is 10.7. The molecule has 0 aromatic heterocycles. The predicted molar refractivity (Wildman–Crippen MR) is 137 cm³/mol. The van der Waals surface area contributed by atoms with Crippen molar-refractivity contribution in [2.45, 2.75) is 89.2 Å². The number of halogens is 1. The molecule has 1 aromatic rings. The zero-order valence-corrected chi connectivity index (χ0v) is 21.4. The molecule has 5 nitrogen and oxygen atoms in total. The summed E-state index contributed by atoms with van der Waals surface area (Å²) in [4.78, 5) is 15.2. The first-order chi connectivity index (χ1) is 16.0. The van der Waals surface area contributed by atoms with Gasteiger partial charge in [0.15, 0.2) is 0 Å². The Bertz CT molecular complexity index is 740. The van der Waals surface area contributed by atoms with Crippen LogP contribution in [0.1, 0.15) is 83.1 Å². The van der Waals surface area contributed by atoms with Crippen molar-refractivity contribution in [3.8, 4) is 0 Å². The molecule has 3 rings (SSSR count). The molecular weight excluding hydrogens is 434 g/mol. The van der Waals surface area contributed by atoms with Gasteiger partial charge in [0.2, 0.25) is 0 Å². The minimum Gasteiger partial charge on any atom is -0.385 e. The normalized spacial score (nSPS) is 22.5. The first-order valence-corrected chi connectivity index (χ1v) is 13.5. The Balaban J connectivity index is 1.68. The molecule has 1 aliphatic heterocycles. The molecule has 3 atom stereocenters. The van der Waals surface area contributed by atoms with Gasteiger partial charge in [-0.15, -0.1) is 0 Å². The molecule has 2 fully saturated rings. The molecule has 1 saturated carbocycles. The van der Waals surface area contributed by atoms with Crippen molar-refractivity contribution in [2.24, 2.45) is 11.8 Å². The van der Waals surface area contributed by atoms with Crippen LogP contribution in [0.15, 0.2) is 24.3 Å². The average Bonchev–Trinajstić information content (AvgIpc) is 2.83. The Morgan fingerprint density at radius 3 is 2.73 bits per heavy atom. The van der Waals surface area contributed by atoms with Crippen LogP contribution in [0.4, 0.5) is 4.79 Å². The van der Waals surface area contributed by atoms with Gasteiger partial charge in [-0.3, -0.25) is 0 Å². The molecule has 2 aliphatic rings. The number of amides is 2. The van der Waals surface area contributed by atoms with Gasteiger partial charge in [0.05, 0.1) is 5.60 Å². The highest BCUT2D eigenvalue weighted by molar-refractivity contribution is 6.30. The minimum absolute atomic E-state index is 0.00288. The molecule has 2 amide bonds. The second-order valence-electron chi connectivity index (χ2n) is 10.3. The Labute approximate surface area is 205 Å². The van der Waals surface area contributed by atoms with E-state index in [9.17, 15) is 9.90 Å². The third kappa shape index (κ3) is 7.34. The highest BCUT2D eigenvalue weighted by atomic mass is 35.5. The Kier molecular flexibility index (Phi) is 10.3. The summed E-state index contributed by atoms with van der Waals surface area (Å²) in [5, 5.41) is 19.1. The van der Waals surface area contributed by atoms with Gasteiger partial charge in [-0.05, 0) is 56.3 Å². The third-order valence-corrected chi connectivity index (χ3v) is 7.98. The monoisotopic (exact) mass is 477 g/mol. The maximum atomic E-state index is 13.3. The third-order valence-electron chi connectivity index (χ3n) is 7.74. The summed E-state index contributed by atoms with van der Waals surface area (Å²) in [6, 6.07) is 7.80. The number of likely N-dealkylation sites (tertiary alicyclic amines) is 1. The topological polar surface area (TPSA) is 64.6 Å². The fraction of sp³-hybridized carbons (Fsp3) is 0.741.